The second kappa shape index (κ2) is 8.80. The fraction of sp³-hybridized carbons (Fsp3) is 0.333. The first kappa shape index (κ1) is 19.7. The van der Waals surface area contributed by atoms with E-state index in [1.807, 2.05) is 30.3 Å². The minimum absolute atomic E-state index is 0.170. The van der Waals surface area contributed by atoms with Crippen LogP contribution in [0.3, 0.4) is 0 Å². The number of thiocarbonyl (C=S) groups is 1. The van der Waals surface area contributed by atoms with Crippen LogP contribution in [-0.4, -0.2) is 33.2 Å². The number of oxazole rings is 1. The van der Waals surface area contributed by atoms with Gasteiger partial charge in [0.15, 0.2) is 0 Å². The highest BCUT2D eigenvalue weighted by atomic mass is 32.2. The molecule has 0 N–H and O–H groups in total. The van der Waals surface area contributed by atoms with Gasteiger partial charge >= 0.3 is 0 Å². The molecule has 3 heterocycles. The number of nitriles is 1. The molecule has 0 spiro atoms. The van der Waals surface area contributed by atoms with E-state index >= 15 is 0 Å². The molecule has 148 valence electrons. The summed E-state index contributed by atoms with van der Waals surface area (Å²) in [5.41, 5.74) is 1.27. The first-order valence-electron chi connectivity index (χ1n) is 9.61. The van der Waals surface area contributed by atoms with Gasteiger partial charge in [-0.05, 0) is 18.4 Å². The number of carbonyl (C=O) groups is 1. The molecule has 0 saturated carbocycles. The number of amides is 1. The molecule has 1 aromatic heterocycles. The highest BCUT2D eigenvalue weighted by Crippen LogP contribution is 2.34. The first-order valence-corrected chi connectivity index (χ1v) is 10.8. The molecule has 0 bridgehead atoms. The second-order valence-corrected chi connectivity index (χ2v) is 8.65. The number of benzene rings is 1. The Hall–Kier alpha value is -2.63. The van der Waals surface area contributed by atoms with Crippen LogP contribution in [0.25, 0.3) is 6.08 Å². The van der Waals surface area contributed by atoms with Crippen molar-refractivity contribution in [3.63, 3.8) is 0 Å². The molecule has 2 fully saturated rings. The van der Waals surface area contributed by atoms with Gasteiger partial charge in [0.25, 0.3) is 5.91 Å². The van der Waals surface area contributed by atoms with Crippen molar-refractivity contribution in [3.8, 4) is 6.07 Å². The van der Waals surface area contributed by atoms with Crippen molar-refractivity contribution in [2.45, 2.75) is 32.2 Å². The maximum absolute atomic E-state index is 12.8. The maximum atomic E-state index is 12.8. The van der Waals surface area contributed by atoms with Crippen LogP contribution in [0.4, 0.5) is 5.88 Å². The Morgan fingerprint density at radius 2 is 1.93 bits per heavy atom. The molecule has 1 amide bonds. The zero-order chi connectivity index (χ0) is 20.2. The number of anilines is 1. The third-order valence-corrected chi connectivity index (χ3v) is 6.31. The van der Waals surface area contributed by atoms with Gasteiger partial charge in [-0.2, -0.15) is 10.2 Å². The molecule has 8 heteroatoms. The van der Waals surface area contributed by atoms with Crippen molar-refractivity contribution < 1.29 is 9.21 Å². The van der Waals surface area contributed by atoms with Crippen molar-refractivity contribution in [3.05, 3.63) is 52.4 Å². The van der Waals surface area contributed by atoms with Gasteiger partial charge < -0.3 is 9.32 Å². The van der Waals surface area contributed by atoms with E-state index in [-0.39, 0.29) is 17.5 Å². The van der Waals surface area contributed by atoms with Crippen molar-refractivity contribution in [1.82, 2.24) is 9.88 Å². The molecule has 0 radical (unpaired) electrons. The Balaban J connectivity index is 1.55. The van der Waals surface area contributed by atoms with E-state index in [2.05, 4.69) is 16.0 Å². The van der Waals surface area contributed by atoms with E-state index in [0.29, 0.717) is 21.7 Å². The third kappa shape index (κ3) is 4.36. The summed E-state index contributed by atoms with van der Waals surface area (Å²) in [6.45, 7) is 2.13. The molecule has 2 aliphatic heterocycles. The Morgan fingerprint density at radius 3 is 2.62 bits per heavy atom. The molecule has 6 nitrogen and oxygen atoms in total. The first-order chi connectivity index (χ1) is 14.2. The van der Waals surface area contributed by atoms with E-state index in [0.717, 1.165) is 31.5 Å². The van der Waals surface area contributed by atoms with Crippen molar-refractivity contribution >= 4 is 46.2 Å². The average molecular weight is 425 g/mol. The number of nitrogens with zero attached hydrogens (tertiary/aromatic N) is 4. The lowest BCUT2D eigenvalue weighted by Crippen LogP contribution is -2.27. The molecule has 2 aromatic rings. The van der Waals surface area contributed by atoms with Crippen LogP contribution in [0.15, 0.2) is 39.7 Å². The third-order valence-electron chi connectivity index (χ3n) is 4.94. The van der Waals surface area contributed by atoms with Crippen LogP contribution in [0.1, 0.15) is 42.8 Å². The molecular weight excluding hydrogens is 404 g/mol. The summed E-state index contributed by atoms with van der Waals surface area (Å²) >= 11 is 6.63. The van der Waals surface area contributed by atoms with Crippen LogP contribution >= 0.6 is 24.0 Å². The van der Waals surface area contributed by atoms with Crippen LogP contribution in [0, 0.1) is 11.3 Å². The molecule has 29 heavy (non-hydrogen) atoms. The molecule has 2 saturated heterocycles. The summed E-state index contributed by atoms with van der Waals surface area (Å²) in [7, 11) is 0. The molecule has 2 aliphatic rings. The van der Waals surface area contributed by atoms with Crippen molar-refractivity contribution in [1.29, 1.82) is 5.26 Å². The van der Waals surface area contributed by atoms with Gasteiger partial charge in [-0.3, -0.25) is 9.69 Å². The maximum Gasteiger partial charge on any atom is 0.266 e. The molecule has 0 aliphatic carbocycles. The summed E-state index contributed by atoms with van der Waals surface area (Å²) in [4.78, 5) is 21.2. The summed E-state index contributed by atoms with van der Waals surface area (Å²) in [5, 5.41) is 9.47. The van der Waals surface area contributed by atoms with Crippen molar-refractivity contribution in [2.75, 3.05) is 18.0 Å². The van der Waals surface area contributed by atoms with E-state index < -0.39 is 0 Å². The lowest BCUT2D eigenvalue weighted by molar-refractivity contribution is -0.122. The van der Waals surface area contributed by atoms with Crippen LogP contribution in [0.5, 0.6) is 0 Å². The van der Waals surface area contributed by atoms with Crippen LogP contribution < -0.4 is 4.90 Å². The summed E-state index contributed by atoms with van der Waals surface area (Å²) < 4.78 is 6.39. The van der Waals surface area contributed by atoms with Gasteiger partial charge in [-0.1, -0.05) is 67.2 Å². The predicted octanol–water partition coefficient (Wildman–Crippen LogP) is 4.33. The van der Waals surface area contributed by atoms with E-state index in [1.54, 1.807) is 11.0 Å². The Kier molecular flexibility index (Phi) is 5.97. The highest BCUT2D eigenvalue weighted by molar-refractivity contribution is 8.26. The quantitative estimate of drug-likeness (QED) is 0.534. The summed E-state index contributed by atoms with van der Waals surface area (Å²) in [6, 6.07) is 11.8. The predicted molar refractivity (Wildman–Crippen MR) is 117 cm³/mol. The SMILES string of the molecule is N#Cc1nc(/C=C2/SC(=S)N(Cc3ccccc3)C2=O)oc1N1CCCCCC1. The summed E-state index contributed by atoms with van der Waals surface area (Å²) in [5.74, 6) is 0.596. The van der Waals surface area contributed by atoms with Crippen LogP contribution in [-0.2, 0) is 11.3 Å². The largest absolute Gasteiger partial charge is 0.420 e. The standard InChI is InChI=1S/C21H20N4O2S2/c22-13-16-20(24-10-6-1-2-7-11-24)27-18(23-16)12-17-19(26)25(21(28)29-17)14-15-8-4-3-5-9-15/h3-5,8-9,12H,1-2,6-7,10-11,14H2/b17-12+. The lowest BCUT2D eigenvalue weighted by atomic mass is 10.2. The second-order valence-electron chi connectivity index (χ2n) is 6.97. The lowest BCUT2D eigenvalue weighted by Gasteiger charge is -2.18. The highest BCUT2D eigenvalue weighted by Gasteiger charge is 2.33. The fourth-order valence-corrected chi connectivity index (χ4v) is 4.69. The smallest absolute Gasteiger partial charge is 0.266 e. The van der Waals surface area contributed by atoms with Gasteiger partial charge in [0.1, 0.15) is 10.4 Å². The zero-order valence-electron chi connectivity index (χ0n) is 15.8. The van der Waals surface area contributed by atoms with Crippen molar-refractivity contribution in [2.24, 2.45) is 0 Å². The Morgan fingerprint density at radius 1 is 1.21 bits per heavy atom. The van der Waals surface area contributed by atoms with E-state index in [9.17, 15) is 10.1 Å². The van der Waals surface area contributed by atoms with Crippen LogP contribution in [0.2, 0.25) is 0 Å². The molecule has 1 aromatic carbocycles. The van der Waals surface area contributed by atoms with Gasteiger partial charge in [0.2, 0.25) is 17.5 Å². The molecule has 4 rings (SSSR count). The van der Waals surface area contributed by atoms with Gasteiger partial charge in [0.05, 0.1) is 11.4 Å². The number of aromatic nitrogens is 1. The topological polar surface area (TPSA) is 73.4 Å². The fourth-order valence-electron chi connectivity index (χ4n) is 3.47. The number of hydrogen-bond acceptors (Lipinski definition) is 7. The van der Waals surface area contributed by atoms with Gasteiger partial charge in [-0.15, -0.1) is 0 Å². The zero-order valence-corrected chi connectivity index (χ0v) is 17.5. The van der Waals surface area contributed by atoms with Gasteiger partial charge in [0, 0.05) is 19.2 Å². The normalized spacial score (nSPS) is 18.9. The molecule has 0 unspecified atom stereocenters. The minimum atomic E-state index is -0.170. The van der Waals surface area contributed by atoms with E-state index in [4.69, 9.17) is 16.6 Å². The summed E-state index contributed by atoms with van der Waals surface area (Å²) in [6.07, 6.45) is 6.09. The molecular formula is C21H20N4O2S2. The van der Waals surface area contributed by atoms with Gasteiger partial charge in [-0.25, -0.2) is 0 Å². The monoisotopic (exact) mass is 424 g/mol. The molecule has 0 atom stereocenters. The minimum Gasteiger partial charge on any atom is -0.420 e. The number of thioether (sulfide) groups is 1. The Labute approximate surface area is 179 Å². The number of carbonyl (C=O) groups excluding carboxylic acids is 1. The average Bonchev–Trinajstić information content (AvgIpc) is 3.11. The number of rotatable bonds is 4. The Bertz CT molecular complexity index is 986. The number of hydrogen-bond donors (Lipinski definition) is 0. The van der Waals surface area contributed by atoms with E-state index in [1.165, 1.54) is 24.6 Å².